The number of esters is 4. The molecule has 230 valence electrons. The molecule has 2 aromatic carbocycles. The van der Waals surface area contributed by atoms with E-state index in [0.29, 0.717) is 38.5 Å². The van der Waals surface area contributed by atoms with E-state index in [1.165, 1.54) is 0 Å². The Bertz CT molecular complexity index is 1110. The summed E-state index contributed by atoms with van der Waals surface area (Å²) < 4.78 is 22.1. The monoisotopic (exact) mass is 582 g/mol. The lowest BCUT2D eigenvalue weighted by Gasteiger charge is -2.21. The van der Waals surface area contributed by atoms with Crippen molar-refractivity contribution in [2.75, 3.05) is 0 Å². The molecule has 0 aliphatic carbocycles. The highest BCUT2D eigenvalue weighted by Gasteiger charge is 2.20. The van der Waals surface area contributed by atoms with E-state index in [4.69, 9.17) is 18.9 Å². The van der Waals surface area contributed by atoms with Gasteiger partial charge in [-0.3, -0.25) is 19.2 Å². The Labute approximate surface area is 250 Å². The molecular weight excluding hydrogens is 536 g/mol. The third-order valence-corrected chi connectivity index (χ3v) is 6.81. The van der Waals surface area contributed by atoms with Crippen LogP contribution in [0.15, 0.2) is 36.4 Å². The second-order valence-electron chi connectivity index (χ2n) is 10.8. The molecule has 0 saturated heterocycles. The zero-order chi connectivity index (χ0) is 31.1. The molecular formula is C34H46O8. The largest absolute Gasteiger partial charge is 0.423 e. The average Bonchev–Trinajstić information content (AvgIpc) is 2.92. The SMILES string of the molecule is CCCC(=O)Oc1ccc(C[C@@H](C)[C@@H](C)Cc2ccc(OC(=O)CCC)c(OC(=O)CCC)c2)cc1OC(=O)CCC. The normalized spacial score (nSPS) is 12.2. The molecule has 8 heteroatoms. The van der Waals surface area contributed by atoms with Crippen molar-refractivity contribution in [3.63, 3.8) is 0 Å². The number of hydrogen-bond acceptors (Lipinski definition) is 8. The third kappa shape index (κ3) is 11.7. The van der Waals surface area contributed by atoms with E-state index in [2.05, 4.69) is 13.8 Å². The van der Waals surface area contributed by atoms with E-state index >= 15 is 0 Å². The summed E-state index contributed by atoms with van der Waals surface area (Å²) in [5.41, 5.74) is 1.91. The van der Waals surface area contributed by atoms with E-state index in [9.17, 15) is 19.2 Å². The van der Waals surface area contributed by atoms with E-state index in [1.807, 2.05) is 39.8 Å². The molecule has 0 aliphatic heterocycles. The Hall–Kier alpha value is -3.68. The standard InChI is InChI=1S/C34H46O8/c1-7-11-31(35)39-27-17-15-25(21-29(27)41-33(37)13-9-3)19-23(5)24(6)20-26-16-18-28(40-32(36)12-8-2)30(22-26)42-34(38)14-10-4/h15-18,21-24H,7-14,19-20H2,1-6H3/t23-,24+. The van der Waals surface area contributed by atoms with Gasteiger partial charge in [0.1, 0.15) is 0 Å². The summed E-state index contributed by atoms with van der Waals surface area (Å²) in [4.78, 5) is 48.7. The summed E-state index contributed by atoms with van der Waals surface area (Å²) in [7, 11) is 0. The Kier molecular flexibility index (Phi) is 14.8. The molecule has 0 fully saturated rings. The van der Waals surface area contributed by atoms with Gasteiger partial charge in [-0.2, -0.15) is 0 Å². The van der Waals surface area contributed by atoms with Gasteiger partial charge in [-0.25, -0.2) is 0 Å². The third-order valence-electron chi connectivity index (χ3n) is 6.81. The van der Waals surface area contributed by atoms with Crippen LogP contribution in [0.25, 0.3) is 0 Å². The lowest BCUT2D eigenvalue weighted by atomic mass is 9.85. The quantitative estimate of drug-likeness (QED) is 0.139. The summed E-state index contributed by atoms with van der Waals surface area (Å²) >= 11 is 0. The van der Waals surface area contributed by atoms with Crippen molar-refractivity contribution in [2.45, 2.75) is 106 Å². The van der Waals surface area contributed by atoms with Gasteiger partial charge in [0, 0.05) is 25.7 Å². The number of ether oxygens (including phenoxy) is 4. The van der Waals surface area contributed by atoms with Gasteiger partial charge in [-0.1, -0.05) is 53.7 Å². The second-order valence-corrected chi connectivity index (χ2v) is 10.8. The van der Waals surface area contributed by atoms with Crippen LogP contribution in [-0.2, 0) is 32.0 Å². The predicted octanol–water partition coefficient (Wildman–Crippen LogP) is 7.57. The Morgan fingerprint density at radius 2 is 0.786 bits per heavy atom. The zero-order valence-electron chi connectivity index (χ0n) is 26.0. The van der Waals surface area contributed by atoms with Crippen LogP contribution in [0, 0.1) is 11.8 Å². The van der Waals surface area contributed by atoms with Gasteiger partial charge >= 0.3 is 23.9 Å². The van der Waals surface area contributed by atoms with E-state index < -0.39 is 0 Å². The van der Waals surface area contributed by atoms with Gasteiger partial charge in [0.2, 0.25) is 0 Å². The zero-order valence-corrected chi connectivity index (χ0v) is 26.0. The van der Waals surface area contributed by atoms with Crippen molar-refractivity contribution in [1.29, 1.82) is 0 Å². The van der Waals surface area contributed by atoms with Crippen LogP contribution in [0.4, 0.5) is 0 Å². The first-order valence-corrected chi connectivity index (χ1v) is 15.2. The molecule has 2 aromatic rings. The molecule has 0 spiro atoms. The van der Waals surface area contributed by atoms with Gasteiger partial charge in [0.05, 0.1) is 0 Å². The van der Waals surface area contributed by atoms with Crippen molar-refractivity contribution in [1.82, 2.24) is 0 Å². The summed E-state index contributed by atoms with van der Waals surface area (Å²) in [5.74, 6) is -0.0387. The molecule has 42 heavy (non-hydrogen) atoms. The first-order valence-electron chi connectivity index (χ1n) is 15.2. The highest BCUT2D eigenvalue weighted by molar-refractivity contribution is 5.77. The minimum Gasteiger partial charge on any atom is -0.423 e. The van der Waals surface area contributed by atoms with E-state index in [1.54, 1.807) is 24.3 Å². The topological polar surface area (TPSA) is 105 Å². The fraction of sp³-hybridized carbons (Fsp3) is 0.529. The predicted molar refractivity (Wildman–Crippen MR) is 161 cm³/mol. The Morgan fingerprint density at radius 3 is 1.07 bits per heavy atom. The second kappa shape index (κ2) is 18.0. The van der Waals surface area contributed by atoms with Gasteiger partial charge in [0.15, 0.2) is 23.0 Å². The molecule has 2 atom stereocenters. The fourth-order valence-corrected chi connectivity index (χ4v) is 4.34. The number of carbonyl (C=O) groups is 4. The van der Waals surface area contributed by atoms with Crippen molar-refractivity contribution in [2.24, 2.45) is 11.8 Å². The number of hydrogen-bond donors (Lipinski definition) is 0. The molecule has 0 N–H and O–H groups in total. The maximum atomic E-state index is 12.2. The first-order chi connectivity index (χ1) is 20.1. The minimum atomic E-state index is -0.372. The number of rotatable bonds is 17. The van der Waals surface area contributed by atoms with Crippen molar-refractivity contribution < 1.29 is 38.1 Å². The van der Waals surface area contributed by atoms with Crippen LogP contribution in [0.2, 0.25) is 0 Å². The summed E-state index contributed by atoms with van der Waals surface area (Å²) in [6.07, 6.45) is 5.12. The number of carbonyl (C=O) groups excluding carboxylic acids is 4. The lowest BCUT2D eigenvalue weighted by molar-refractivity contribution is -0.137. The molecule has 0 unspecified atom stereocenters. The van der Waals surface area contributed by atoms with E-state index in [-0.39, 0.29) is 84.4 Å². The average molecular weight is 583 g/mol. The molecule has 0 radical (unpaired) electrons. The van der Waals surface area contributed by atoms with Crippen LogP contribution >= 0.6 is 0 Å². The fourth-order valence-electron chi connectivity index (χ4n) is 4.34. The Morgan fingerprint density at radius 1 is 0.500 bits per heavy atom. The molecule has 0 amide bonds. The van der Waals surface area contributed by atoms with Gasteiger partial charge in [-0.15, -0.1) is 0 Å². The minimum absolute atomic E-state index is 0.228. The van der Waals surface area contributed by atoms with Crippen molar-refractivity contribution in [3.05, 3.63) is 47.5 Å². The maximum Gasteiger partial charge on any atom is 0.311 e. The first kappa shape index (κ1) is 34.5. The molecule has 0 heterocycles. The number of benzene rings is 2. The van der Waals surface area contributed by atoms with Crippen molar-refractivity contribution in [3.8, 4) is 23.0 Å². The summed E-state index contributed by atoms with van der Waals surface area (Å²) in [6, 6.07) is 10.7. The van der Waals surface area contributed by atoms with Gasteiger partial charge in [-0.05, 0) is 85.8 Å². The summed E-state index contributed by atoms with van der Waals surface area (Å²) in [6.45, 7) is 11.9. The smallest absolute Gasteiger partial charge is 0.311 e. The molecule has 0 saturated carbocycles. The summed E-state index contributed by atoms with van der Waals surface area (Å²) in [5, 5.41) is 0. The van der Waals surface area contributed by atoms with Gasteiger partial charge in [0.25, 0.3) is 0 Å². The van der Waals surface area contributed by atoms with Crippen LogP contribution in [0.5, 0.6) is 23.0 Å². The van der Waals surface area contributed by atoms with E-state index in [0.717, 1.165) is 11.1 Å². The van der Waals surface area contributed by atoms with Crippen LogP contribution in [0.3, 0.4) is 0 Å². The highest BCUT2D eigenvalue weighted by Crippen LogP contribution is 2.33. The molecule has 2 rings (SSSR count). The molecule has 0 aromatic heterocycles. The Balaban J connectivity index is 2.20. The maximum absolute atomic E-state index is 12.2. The van der Waals surface area contributed by atoms with Crippen LogP contribution in [-0.4, -0.2) is 23.9 Å². The molecule has 8 nitrogen and oxygen atoms in total. The molecule has 0 bridgehead atoms. The van der Waals surface area contributed by atoms with Crippen molar-refractivity contribution >= 4 is 23.9 Å². The van der Waals surface area contributed by atoms with Crippen LogP contribution in [0.1, 0.15) is 104 Å². The lowest BCUT2D eigenvalue weighted by Crippen LogP contribution is -2.15. The van der Waals surface area contributed by atoms with Gasteiger partial charge < -0.3 is 18.9 Å². The van der Waals surface area contributed by atoms with Crippen LogP contribution < -0.4 is 18.9 Å². The highest BCUT2D eigenvalue weighted by atomic mass is 16.6. The molecule has 0 aliphatic rings.